The maximum absolute atomic E-state index is 11.2. The number of ether oxygens (including phenoxy) is 1. The van der Waals surface area contributed by atoms with Crippen molar-refractivity contribution < 1.29 is 9.53 Å². The van der Waals surface area contributed by atoms with E-state index in [2.05, 4.69) is 29.6 Å². The SMILES string of the molecule is CCOC(=O)CCNCC1CCCc2ccccc21. The molecular formula is C16H23NO2. The summed E-state index contributed by atoms with van der Waals surface area (Å²) in [5.41, 5.74) is 2.98. The highest BCUT2D eigenvalue weighted by Crippen LogP contribution is 2.30. The molecular weight excluding hydrogens is 238 g/mol. The highest BCUT2D eigenvalue weighted by Gasteiger charge is 2.19. The quantitative estimate of drug-likeness (QED) is 0.632. The van der Waals surface area contributed by atoms with Gasteiger partial charge in [-0.2, -0.15) is 0 Å². The van der Waals surface area contributed by atoms with E-state index in [9.17, 15) is 4.79 Å². The predicted molar refractivity (Wildman–Crippen MR) is 76.2 cm³/mol. The third kappa shape index (κ3) is 4.06. The number of nitrogens with one attached hydrogen (secondary N) is 1. The van der Waals surface area contributed by atoms with Gasteiger partial charge < -0.3 is 10.1 Å². The van der Waals surface area contributed by atoms with Crippen molar-refractivity contribution in [3.63, 3.8) is 0 Å². The fraction of sp³-hybridized carbons (Fsp3) is 0.562. The molecule has 0 spiro atoms. The van der Waals surface area contributed by atoms with Gasteiger partial charge in [0.2, 0.25) is 0 Å². The molecule has 3 nitrogen and oxygen atoms in total. The number of rotatable bonds is 6. The van der Waals surface area contributed by atoms with Crippen molar-refractivity contribution in [3.05, 3.63) is 35.4 Å². The first-order valence-electron chi connectivity index (χ1n) is 7.25. The van der Waals surface area contributed by atoms with Crippen LogP contribution in [0.2, 0.25) is 0 Å². The molecule has 0 heterocycles. The Balaban J connectivity index is 1.77. The second-order valence-electron chi connectivity index (χ2n) is 5.05. The molecule has 1 unspecified atom stereocenters. The molecule has 19 heavy (non-hydrogen) atoms. The molecule has 1 aliphatic rings. The molecule has 1 aromatic rings. The topological polar surface area (TPSA) is 38.3 Å². The van der Waals surface area contributed by atoms with E-state index < -0.39 is 0 Å². The summed E-state index contributed by atoms with van der Waals surface area (Å²) < 4.78 is 4.91. The number of benzene rings is 1. The minimum Gasteiger partial charge on any atom is -0.466 e. The molecule has 0 saturated heterocycles. The van der Waals surface area contributed by atoms with Gasteiger partial charge in [0, 0.05) is 13.1 Å². The Hall–Kier alpha value is -1.35. The first-order chi connectivity index (χ1) is 9.31. The van der Waals surface area contributed by atoms with Crippen LogP contribution in [0.4, 0.5) is 0 Å². The fourth-order valence-corrected chi connectivity index (χ4v) is 2.77. The minimum atomic E-state index is -0.112. The van der Waals surface area contributed by atoms with Crippen LogP contribution in [0.15, 0.2) is 24.3 Å². The van der Waals surface area contributed by atoms with Crippen LogP contribution < -0.4 is 5.32 Å². The van der Waals surface area contributed by atoms with Gasteiger partial charge in [0.05, 0.1) is 13.0 Å². The van der Waals surface area contributed by atoms with Crippen LogP contribution in [0.25, 0.3) is 0 Å². The third-order valence-corrected chi connectivity index (χ3v) is 3.70. The Morgan fingerprint density at radius 2 is 2.26 bits per heavy atom. The molecule has 0 bridgehead atoms. The summed E-state index contributed by atoms with van der Waals surface area (Å²) in [7, 11) is 0. The third-order valence-electron chi connectivity index (χ3n) is 3.70. The Kier molecular flexibility index (Phi) is 5.40. The van der Waals surface area contributed by atoms with Crippen LogP contribution in [0.1, 0.15) is 43.2 Å². The van der Waals surface area contributed by atoms with Gasteiger partial charge in [-0.1, -0.05) is 24.3 Å². The van der Waals surface area contributed by atoms with Crippen molar-refractivity contribution in [3.8, 4) is 0 Å². The van der Waals surface area contributed by atoms with Crippen LogP contribution >= 0.6 is 0 Å². The number of hydrogen-bond acceptors (Lipinski definition) is 3. The highest BCUT2D eigenvalue weighted by atomic mass is 16.5. The van der Waals surface area contributed by atoms with Gasteiger partial charge in [-0.3, -0.25) is 4.79 Å². The van der Waals surface area contributed by atoms with E-state index in [0.29, 0.717) is 25.5 Å². The summed E-state index contributed by atoms with van der Waals surface area (Å²) in [5.74, 6) is 0.478. The predicted octanol–water partition coefficient (Wildman–Crippen LogP) is 2.65. The minimum absolute atomic E-state index is 0.112. The molecule has 0 amide bonds. The smallest absolute Gasteiger partial charge is 0.307 e. The molecule has 0 saturated carbocycles. The normalized spacial score (nSPS) is 17.8. The average molecular weight is 261 g/mol. The van der Waals surface area contributed by atoms with E-state index in [-0.39, 0.29) is 5.97 Å². The molecule has 0 fully saturated rings. The van der Waals surface area contributed by atoms with Crippen LogP contribution in [0, 0.1) is 0 Å². The lowest BCUT2D eigenvalue weighted by atomic mass is 9.83. The zero-order valence-electron chi connectivity index (χ0n) is 11.7. The van der Waals surface area contributed by atoms with Gasteiger partial charge in [0.15, 0.2) is 0 Å². The summed E-state index contributed by atoms with van der Waals surface area (Å²) in [5, 5.41) is 3.38. The molecule has 1 aromatic carbocycles. The maximum atomic E-state index is 11.2. The number of aryl methyl sites for hydroxylation is 1. The molecule has 1 N–H and O–H groups in total. The molecule has 1 aliphatic carbocycles. The summed E-state index contributed by atoms with van der Waals surface area (Å²) in [6, 6.07) is 8.72. The summed E-state index contributed by atoms with van der Waals surface area (Å²) in [6.45, 7) is 3.97. The van der Waals surface area contributed by atoms with Crippen molar-refractivity contribution >= 4 is 5.97 Å². The van der Waals surface area contributed by atoms with Gasteiger partial charge in [-0.15, -0.1) is 0 Å². The van der Waals surface area contributed by atoms with Crippen LogP contribution in [-0.4, -0.2) is 25.7 Å². The van der Waals surface area contributed by atoms with Crippen LogP contribution in [0.3, 0.4) is 0 Å². The Labute approximate surface area is 115 Å². The molecule has 2 rings (SSSR count). The molecule has 1 atom stereocenters. The highest BCUT2D eigenvalue weighted by molar-refractivity contribution is 5.69. The maximum Gasteiger partial charge on any atom is 0.307 e. The van der Waals surface area contributed by atoms with Gasteiger partial charge >= 0.3 is 5.97 Å². The number of carbonyl (C=O) groups excluding carboxylic acids is 1. The van der Waals surface area contributed by atoms with Crippen molar-refractivity contribution in [1.82, 2.24) is 5.32 Å². The van der Waals surface area contributed by atoms with E-state index in [1.807, 2.05) is 6.92 Å². The van der Waals surface area contributed by atoms with E-state index in [1.165, 1.54) is 30.4 Å². The number of carbonyl (C=O) groups is 1. The summed E-state index contributed by atoms with van der Waals surface area (Å²) >= 11 is 0. The first kappa shape index (κ1) is 14.1. The Morgan fingerprint density at radius 1 is 1.42 bits per heavy atom. The lowest BCUT2D eigenvalue weighted by Gasteiger charge is -2.25. The first-order valence-corrected chi connectivity index (χ1v) is 7.25. The number of fused-ring (bicyclic) bond motifs is 1. The van der Waals surface area contributed by atoms with E-state index in [0.717, 1.165) is 6.54 Å². The summed E-state index contributed by atoms with van der Waals surface area (Å²) in [6.07, 6.45) is 4.17. The van der Waals surface area contributed by atoms with Gasteiger partial charge in [-0.25, -0.2) is 0 Å². The molecule has 3 heteroatoms. The van der Waals surface area contributed by atoms with Crippen molar-refractivity contribution in [2.45, 2.75) is 38.5 Å². The van der Waals surface area contributed by atoms with E-state index in [1.54, 1.807) is 0 Å². The lowest BCUT2D eigenvalue weighted by Crippen LogP contribution is -2.26. The lowest BCUT2D eigenvalue weighted by molar-refractivity contribution is -0.142. The van der Waals surface area contributed by atoms with Crippen LogP contribution in [-0.2, 0) is 16.0 Å². The largest absolute Gasteiger partial charge is 0.466 e. The number of hydrogen-bond donors (Lipinski definition) is 1. The second kappa shape index (κ2) is 7.29. The van der Waals surface area contributed by atoms with Crippen molar-refractivity contribution in [2.75, 3.05) is 19.7 Å². The van der Waals surface area contributed by atoms with E-state index >= 15 is 0 Å². The van der Waals surface area contributed by atoms with Gasteiger partial charge in [0.25, 0.3) is 0 Å². The van der Waals surface area contributed by atoms with Crippen LogP contribution in [0.5, 0.6) is 0 Å². The van der Waals surface area contributed by atoms with E-state index in [4.69, 9.17) is 4.74 Å². The Morgan fingerprint density at radius 3 is 3.11 bits per heavy atom. The second-order valence-corrected chi connectivity index (χ2v) is 5.05. The van der Waals surface area contributed by atoms with Crippen molar-refractivity contribution in [1.29, 1.82) is 0 Å². The Bertz CT molecular complexity index is 417. The zero-order valence-corrected chi connectivity index (χ0v) is 11.7. The molecule has 104 valence electrons. The average Bonchev–Trinajstić information content (AvgIpc) is 2.44. The number of esters is 1. The summed E-state index contributed by atoms with van der Waals surface area (Å²) in [4.78, 5) is 11.2. The molecule has 0 aromatic heterocycles. The monoisotopic (exact) mass is 261 g/mol. The van der Waals surface area contributed by atoms with Gasteiger partial charge in [-0.05, 0) is 43.2 Å². The zero-order chi connectivity index (χ0) is 13.5. The van der Waals surface area contributed by atoms with Gasteiger partial charge in [0.1, 0.15) is 0 Å². The standard InChI is InChI=1S/C16H23NO2/c1-2-19-16(18)10-11-17-12-14-8-5-7-13-6-3-4-9-15(13)14/h3-4,6,9,14,17H,2,5,7-8,10-12H2,1H3. The van der Waals surface area contributed by atoms with Crippen molar-refractivity contribution in [2.24, 2.45) is 0 Å². The molecule has 0 radical (unpaired) electrons. The molecule has 0 aliphatic heterocycles. The fourth-order valence-electron chi connectivity index (χ4n) is 2.77.